The van der Waals surface area contributed by atoms with Gasteiger partial charge in [-0.2, -0.15) is 4.57 Å². The molecule has 22 aromatic rings. The molecule has 0 spiro atoms. The summed E-state index contributed by atoms with van der Waals surface area (Å²) in [5.41, 5.74) is 29.9. The maximum atomic E-state index is 8.61. The summed E-state index contributed by atoms with van der Waals surface area (Å²) in [6, 6.07) is 86.2. The average Bonchev–Trinajstić information content (AvgIpc) is 1.32. The Morgan fingerprint density at radius 2 is 0.823 bits per heavy atom. The molecular formula is C100H83N9O4+4. The third-order valence-electron chi connectivity index (χ3n) is 22.9. The van der Waals surface area contributed by atoms with Crippen LogP contribution in [0.3, 0.4) is 0 Å². The van der Waals surface area contributed by atoms with E-state index in [4.69, 9.17) is 39.0 Å². The second-order valence-electron chi connectivity index (χ2n) is 30.4. The predicted octanol–water partition coefficient (Wildman–Crippen LogP) is 23.1. The number of imidazole rings is 1. The number of hydrogen-bond acceptors (Lipinski definition) is 8. The summed E-state index contributed by atoms with van der Waals surface area (Å²) in [6.45, 7) is 16.8. The molecule has 12 heterocycles. The van der Waals surface area contributed by atoms with Crippen molar-refractivity contribution >= 4 is 154 Å². The Labute approximate surface area is 653 Å². The van der Waals surface area contributed by atoms with E-state index in [1.807, 2.05) is 98.8 Å². The lowest BCUT2D eigenvalue weighted by atomic mass is 9.94. The fraction of sp³-hybridized carbons (Fsp3) is 0.140. The Bertz CT molecular complexity index is 7730. The Hall–Kier alpha value is -13.8. The van der Waals surface area contributed by atoms with Crippen molar-refractivity contribution < 1.29 is 37.3 Å². The summed E-state index contributed by atoms with van der Waals surface area (Å²) in [7, 11) is 10.5. The summed E-state index contributed by atoms with van der Waals surface area (Å²) in [5, 5.41) is 14.3. The zero-order chi connectivity index (χ0) is 78.3. The van der Waals surface area contributed by atoms with Crippen molar-refractivity contribution in [2.45, 2.75) is 61.3 Å². The highest BCUT2D eigenvalue weighted by Crippen LogP contribution is 2.43. The molecule has 13 nitrogen and oxygen atoms in total. The van der Waals surface area contributed by atoms with Gasteiger partial charge in [-0.1, -0.05) is 123 Å². The van der Waals surface area contributed by atoms with Gasteiger partial charge < -0.3 is 17.7 Å². The molecule has 0 bridgehead atoms. The quantitative estimate of drug-likeness (QED) is 0.156. The van der Waals surface area contributed by atoms with Gasteiger partial charge >= 0.3 is 0 Å². The molecule has 0 saturated heterocycles. The molecule has 12 aromatic heterocycles. The molecule has 13 heteroatoms. The van der Waals surface area contributed by atoms with Crippen molar-refractivity contribution in [1.82, 2.24) is 24.5 Å². The van der Waals surface area contributed by atoms with E-state index in [1.54, 1.807) is 0 Å². The smallest absolute Gasteiger partial charge is 0.293 e. The number of furan rings is 4. The van der Waals surface area contributed by atoms with Gasteiger partial charge in [0.05, 0.1) is 52.9 Å². The van der Waals surface area contributed by atoms with Gasteiger partial charge in [0.2, 0.25) is 45.5 Å². The van der Waals surface area contributed by atoms with Crippen LogP contribution >= 0.6 is 0 Å². The number of aryl methyl sites for hydroxylation is 10. The number of nitrogens with zero attached hydrogens (tertiary/aromatic N) is 9. The minimum atomic E-state index is -0.674. The van der Waals surface area contributed by atoms with E-state index in [-0.39, 0.29) is 0 Å². The first-order valence-corrected chi connectivity index (χ1v) is 38.3. The third-order valence-corrected chi connectivity index (χ3v) is 22.9. The lowest BCUT2D eigenvalue weighted by Crippen LogP contribution is -2.32. The molecule has 0 amide bonds. The van der Waals surface area contributed by atoms with Crippen LogP contribution in [0.25, 0.3) is 199 Å². The molecule has 0 aliphatic rings. The van der Waals surface area contributed by atoms with E-state index in [9.17, 15) is 0 Å². The number of para-hydroxylation sites is 6. The van der Waals surface area contributed by atoms with Crippen LogP contribution in [0.4, 0.5) is 0 Å². The number of hydrogen-bond donors (Lipinski definition) is 0. The third kappa shape index (κ3) is 11.8. The zero-order valence-electron chi connectivity index (χ0n) is 66.5. The lowest BCUT2D eigenvalue weighted by molar-refractivity contribution is -0.660. The SMILES string of the molecule is Cc1cc2c(cc1-c1cccc[n+]1C)oc1nc3ccccc3cc12.Cc1cc[n+](C)c(-c2cc3oc4nc5ccccc5cc4c3cc2C)c1.Cc1ccc2c(oc3nc4ccccc4cc32)c1-c1n(C)c2ccccc2[n+]1C.[2H]C(C)(C)c1cccc2c1ccc(-c1c(C)c(C)cc3c1oc1nc4ccccc4cc13)[n+]2C. The van der Waals surface area contributed by atoms with Crippen molar-refractivity contribution in [2.75, 3.05) is 0 Å². The van der Waals surface area contributed by atoms with Gasteiger partial charge in [-0.05, 0) is 190 Å². The van der Waals surface area contributed by atoms with Gasteiger partial charge in [0.15, 0.2) is 34.6 Å². The highest BCUT2D eigenvalue weighted by atomic mass is 16.4. The molecule has 0 atom stereocenters. The fourth-order valence-electron chi connectivity index (χ4n) is 16.9. The van der Waals surface area contributed by atoms with E-state index < -0.39 is 5.89 Å². The summed E-state index contributed by atoms with van der Waals surface area (Å²) in [6.07, 6.45) is 4.16. The van der Waals surface area contributed by atoms with Crippen molar-refractivity contribution in [2.24, 2.45) is 35.2 Å². The molecule has 0 fully saturated rings. The molecule has 10 aromatic carbocycles. The largest absolute Gasteiger partial charge is 0.438 e. The van der Waals surface area contributed by atoms with Crippen molar-refractivity contribution in [3.63, 3.8) is 0 Å². The van der Waals surface area contributed by atoms with Crippen molar-refractivity contribution in [3.8, 4) is 45.2 Å². The predicted molar refractivity (Wildman–Crippen MR) is 459 cm³/mol. The minimum Gasteiger partial charge on any atom is -0.438 e. The Morgan fingerprint density at radius 3 is 1.38 bits per heavy atom. The van der Waals surface area contributed by atoms with Gasteiger partial charge in [0, 0.05) is 108 Å². The van der Waals surface area contributed by atoms with Gasteiger partial charge in [-0.25, -0.2) is 38.2 Å². The van der Waals surface area contributed by atoms with Crippen molar-refractivity contribution in [3.05, 3.63) is 300 Å². The summed E-state index contributed by atoms with van der Waals surface area (Å²) in [5.74, 6) is 0.449. The number of aromatic nitrogens is 9. The van der Waals surface area contributed by atoms with E-state index in [0.29, 0.717) is 22.9 Å². The van der Waals surface area contributed by atoms with Gasteiger partial charge in [-0.3, -0.25) is 0 Å². The van der Waals surface area contributed by atoms with Crippen LogP contribution in [0, 0.1) is 41.5 Å². The summed E-state index contributed by atoms with van der Waals surface area (Å²) < 4.78 is 44.7. The second-order valence-corrected chi connectivity index (χ2v) is 30.4. The number of rotatable bonds is 5. The van der Waals surface area contributed by atoms with Crippen LogP contribution in [0.2, 0.25) is 0 Å². The molecule has 113 heavy (non-hydrogen) atoms. The van der Waals surface area contributed by atoms with Crippen LogP contribution in [-0.4, -0.2) is 24.5 Å². The Balaban J connectivity index is 0.000000103. The standard InChI is InChI=1S/C30H27N2O.C25H20N3O.C23H19N2O.C22H17N2O/c1-17(2)21-10-8-12-26-22(21)13-14-27(32(26)5)28-19(4)18(3)15-23-24-16-20-9-6-7-11-25(20)31-30(24)33-29(23)28;1-15-12-13-17-18-14-16-8-4-5-9-19(16)26-24(18)29-23(17)22(15)25-27(2)20-10-6-7-11-21(20)28(25)3;1-14-8-9-25(3)21(10-14)17-13-22-18(11-15(17)2)19-12-16-6-4-5-7-20(16)24-23(19)26-22;1-14-11-17-18-12-15-7-3-4-8-19(15)23-22(18)25-21(17)13-16(14)20-9-5-6-10-24(20)2/h6-17H,1-5H3;4-14H,1-3H3;4-13H,1-3H3;3-13H,1-2H3/q4*+1/i17D;;;. The van der Waals surface area contributed by atoms with E-state index >= 15 is 0 Å². The van der Waals surface area contributed by atoms with E-state index in [2.05, 4.69) is 276 Å². The molecule has 0 N–H and O–H groups in total. The van der Waals surface area contributed by atoms with E-state index in [0.717, 1.165) is 148 Å². The lowest BCUT2D eigenvalue weighted by Gasteiger charge is -2.12. The molecular weight excluding hydrogens is 1390 g/mol. The van der Waals surface area contributed by atoms with Crippen molar-refractivity contribution in [1.29, 1.82) is 0 Å². The summed E-state index contributed by atoms with van der Waals surface area (Å²) in [4.78, 5) is 19.0. The zero-order valence-corrected chi connectivity index (χ0v) is 65.5. The van der Waals surface area contributed by atoms with Crippen LogP contribution < -0.4 is 18.3 Å². The topological polar surface area (TPSA) is 125 Å². The highest BCUT2D eigenvalue weighted by Gasteiger charge is 2.30. The molecule has 0 radical (unpaired) electrons. The van der Waals surface area contributed by atoms with Gasteiger partial charge in [-0.15, -0.1) is 0 Å². The van der Waals surface area contributed by atoms with Gasteiger partial charge in [0.1, 0.15) is 37.9 Å². The second kappa shape index (κ2) is 27.4. The average molecular weight is 1480 g/mol. The molecule has 0 unspecified atom stereocenters. The Morgan fingerprint density at radius 1 is 0.354 bits per heavy atom. The molecule has 0 aliphatic heterocycles. The number of fused-ring (bicyclic) bond motifs is 18. The maximum Gasteiger partial charge on any atom is 0.293 e. The van der Waals surface area contributed by atoms with Gasteiger partial charge in [0.25, 0.3) is 5.82 Å². The van der Waals surface area contributed by atoms with E-state index in [1.165, 1.54) is 66.9 Å². The number of benzene rings is 10. The highest BCUT2D eigenvalue weighted by molar-refractivity contribution is 6.14. The Kier molecular flexibility index (Phi) is 16.6. The molecule has 0 aliphatic carbocycles. The first-order chi connectivity index (χ1) is 55.2. The number of pyridine rings is 7. The first-order valence-electron chi connectivity index (χ1n) is 38.8. The minimum absolute atomic E-state index is 0.668. The maximum absolute atomic E-state index is 8.61. The normalized spacial score (nSPS) is 12.1. The first kappa shape index (κ1) is 68.5. The van der Waals surface area contributed by atoms with Crippen LogP contribution in [0.15, 0.2) is 279 Å². The monoisotopic (exact) mass is 1470 g/mol. The van der Waals surface area contributed by atoms with Crippen LogP contribution in [0.5, 0.6) is 0 Å². The molecule has 0 saturated carbocycles. The fourth-order valence-corrected chi connectivity index (χ4v) is 16.9. The summed E-state index contributed by atoms with van der Waals surface area (Å²) >= 11 is 0. The molecule has 22 rings (SSSR count). The van der Waals surface area contributed by atoms with Crippen LogP contribution in [0.1, 0.15) is 60.1 Å². The van der Waals surface area contributed by atoms with Crippen LogP contribution in [-0.2, 0) is 35.2 Å². The molecule has 548 valence electrons.